The Hall–Kier alpha value is -3.03. The summed E-state index contributed by atoms with van der Waals surface area (Å²) < 4.78 is 1.72. The monoisotopic (exact) mass is 337 g/mol. The molecule has 4 rings (SSSR count). The molecule has 4 heterocycles. The fourth-order valence-corrected chi connectivity index (χ4v) is 3.27. The third-order valence-electron chi connectivity index (χ3n) is 4.52. The second-order valence-corrected chi connectivity index (χ2v) is 6.24. The van der Waals surface area contributed by atoms with E-state index in [1.165, 1.54) is 0 Å². The number of nitrogens with one attached hydrogen (secondary N) is 1. The van der Waals surface area contributed by atoms with Crippen LogP contribution in [0, 0.1) is 0 Å². The molecule has 0 saturated carbocycles. The lowest BCUT2D eigenvalue weighted by molar-refractivity contribution is 0.0925. The number of amides is 1. The molecule has 1 N–H and O–H groups in total. The van der Waals surface area contributed by atoms with Gasteiger partial charge in [0.15, 0.2) is 0 Å². The molecule has 1 aliphatic heterocycles. The number of hydrogen-bond acceptors (Lipinski definition) is 6. The van der Waals surface area contributed by atoms with Gasteiger partial charge in [-0.2, -0.15) is 0 Å². The lowest BCUT2D eigenvalue weighted by Crippen LogP contribution is -2.48. The maximum Gasteiger partial charge on any atom is 0.269 e. The Bertz CT molecular complexity index is 901. The van der Waals surface area contributed by atoms with Gasteiger partial charge in [-0.1, -0.05) is 0 Å². The third kappa shape index (κ3) is 3.02. The average molecular weight is 337 g/mol. The summed E-state index contributed by atoms with van der Waals surface area (Å²) >= 11 is 0. The minimum atomic E-state index is -0.0939. The minimum absolute atomic E-state index is 0.0722. The highest BCUT2D eigenvalue weighted by molar-refractivity contribution is 5.92. The number of hydrogen-bond donors (Lipinski definition) is 1. The number of aromatic nitrogens is 5. The molecule has 8 heteroatoms. The fourth-order valence-electron chi connectivity index (χ4n) is 3.27. The van der Waals surface area contributed by atoms with Gasteiger partial charge in [0.2, 0.25) is 0 Å². The van der Waals surface area contributed by atoms with E-state index in [4.69, 9.17) is 0 Å². The second kappa shape index (κ2) is 6.46. The lowest BCUT2D eigenvalue weighted by Gasteiger charge is -2.34. The number of pyridine rings is 1. The Morgan fingerprint density at radius 1 is 1.28 bits per heavy atom. The normalized spacial score (nSPS) is 17.6. The third-order valence-corrected chi connectivity index (χ3v) is 4.52. The summed E-state index contributed by atoms with van der Waals surface area (Å²) in [6.45, 7) is 1.63. The van der Waals surface area contributed by atoms with Crippen LogP contribution in [-0.2, 0) is 7.05 Å². The van der Waals surface area contributed by atoms with E-state index < -0.39 is 0 Å². The number of piperidine rings is 1. The number of nitrogens with zero attached hydrogens (tertiary/aromatic N) is 6. The standard InChI is InChI=1S/C17H19N7O/c1-23-11-19-8-15(23)17(25)22-12-3-2-6-24(9-12)16-13-4-5-18-7-14(13)20-10-21-16/h4-5,7-8,10-12H,2-3,6,9H2,1H3,(H,22,25). The summed E-state index contributed by atoms with van der Waals surface area (Å²) in [5.41, 5.74) is 1.39. The number of aryl methyl sites for hydroxylation is 1. The van der Waals surface area contributed by atoms with Crippen LogP contribution in [0.1, 0.15) is 23.3 Å². The summed E-state index contributed by atoms with van der Waals surface area (Å²) in [6, 6.07) is 2.01. The van der Waals surface area contributed by atoms with E-state index in [1.54, 1.807) is 35.8 Å². The Kier molecular flexibility index (Phi) is 4.01. The molecule has 0 spiro atoms. The van der Waals surface area contributed by atoms with Gasteiger partial charge in [-0.3, -0.25) is 9.78 Å². The zero-order valence-electron chi connectivity index (χ0n) is 14.0. The molecule has 128 valence electrons. The number of carbonyl (C=O) groups is 1. The van der Waals surface area contributed by atoms with Crippen molar-refractivity contribution >= 4 is 22.6 Å². The largest absolute Gasteiger partial charge is 0.354 e. The van der Waals surface area contributed by atoms with E-state index in [-0.39, 0.29) is 11.9 Å². The van der Waals surface area contributed by atoms with Crippen LogP contribution in [0.25, 0.3) is 10.9 Å². The molecule has 3 aromatic heterocycles. The molecule has 0 radical (unpaired) electrons. The van der Waals surface area contributed by atoms with E-state index in [9.17, 15) is 4.79 Å². The van der Waals surface area contributed by atoms with Crippen molar-refractivity contribution in [1.82, 2.24) is 29.8 Å². The molecule has 0 aromatic carbocycles. The Labute approximate surface area is 144 Å². The van der Waals surface area contributed by atoms with Gasteiger partial charge < -0.3 is 14.8 Å². The van der Waals surface area contributed by atoms with E-state index >= 15 is 0 Å². The number of fused-ring (bicyclic) bond motifs is 1. The quantitative estimate of drug-likeness (QED) is 0.771. The van der Waals surface area contributed by atoms with Crippen LogP contribution >= 0.6 is 0 Å². The highest BCUT2D eigenvalue weighted by Gasteiger charge is 2.24. The molecule has 1 atom stereocenters. The maximum atomic E-state index is 12.4. The molecular weight excluding hydrogens is 318 g/mol. The second-order valence-electron chi connectivity index (χ2n) is 6.24. The van der Waals surface area contributed by atoms with Crippen LogP contribution in [-0.4, -0.2) is 49.5 Å². The van der Waals surface area contributed by atoms with Gasteiger partial charge in [0.1, 0.15) is 17.8 Å². The van der Waals surface area contributed by atoms with Gasteiger partial charge in [0, 0.05) is 37.8 Å². The minimum Gasteiger partial charge on any atom is -0.354 e. The first-order chi connectivity index (χ1) is 12.2. The topological polar surface area (TPSA) is 88.8 Å². The van der Waals surface area contributed by atoms with Crippen molar-refractivity contribution < 1.29 is 4.79 Å². The number of anilines is 1. The summed E-state index contributed by atoms with van der Waals surface area (Å²) in [4.78, 5) is 31.5. The van der Waals surface area contributed by atoms with Crippen molar-refractivity contribution in [2.45, 2.75) is 18.9 Å². The van der Waals surface area contributed by atoms with Crippen LogP contribution in [0.2, 0.25) is 0 Å². The van der Waals surface area contributed by atoms with Crippen LogP contribution in [0.3, 0.4) is 0 Å². The van der Waals surface area contributed by atoms with Gasteiger partial charge >= 0.3 is 0 Å². The molecular formula is C17H19N7O. The van der Waals surface area contributed by atoms with E-state index in [1.807, 2.05) is 13.1 Å². The number of rotatable bonds is 3. The molecule has 25 heavy (non-hydrogen) atoms. The van der Waals surface area contributed by atoms with Gasteiger partial charge in [0.05, 0.1) is 24.2 Å². The fraction of sp³-hybridized carbons (Fsp3) is 0.353. The lowest BCUT2D eigenvalue weighted by atomic mass is 10.0. The molecule has 0 bridgehead atoms. The van der Waals surface area contributed by atoms with Gasteiger partial charge in [-0.25, -0.2) is 15.0 Å². The Morgan fingerprint density at radius 3 is 3.04 bits per heavy atom. The van der Waals surface area contributed by atoms with Crippen molar-refractivity contribution in [2.75, 3.05) is 18.0 Å². The molecule has 1 amide bonds. The van der Waals surface area contributed by atoms with Gasteiger partial charge in [-0.05, 0) is 18.9 Å². The first-order valence-electron chi connectivity index (χ1n) is 8.29. The van der Waals surface area contributed by atoms with Crippen molar-refractivity contribution in [3.05, 3.63) is 43.0 Å². The molecule has 3 aromatic rings. The average Bonchev–Trinajstić information content (AvgIpc) is 3.07. The number of carbonyl (C=O) groups excluding carboxylic acids is 1. The van der Waals surface area contributed by atoms with Crippen LogP contribution in [0.4, 0.5) is 5.82 Å². The Morgan fingerprint density at radius 2 is 2.20 bits per heavy atom. The molecule has 1 saturated heterocycles. The maximum absolute atomic E-state index is 12.4. The summed E-state index contributed by atoms with van der Waals surface area (Å²) in [5, 5.41) is 4.10. The van der Waals surface area contributed by atoms with Crippen molar-refractivity contribution in [1.29, 1.82) is 0 Å². The zero-order valence-corrected chi connectivity index (χ0v) is 14.0. The molecule has 8 nitrogen and oxygen atoms in total. The van der Waals surface area contributed by atoms with E-state index in [2.05, 4.69) is 30.2 Å². The Balaban J connectivity index is 1.53. The van der Waals surface area contributed by atoms with E-state index in [0.717, 1.165) is 42.7 Å². The van der Waals surface area contributed by atoms with Crippen LogP contribution in [0.5, 0.6) is 0 Å². The summed E-state index contributed by atoms with van der Waals surface area (Å²) in [5.74, 6) is 0.801. The predicted molar refractivity (Wildman–Crippen MR) is 93.2 cm³/mol. The summed E-state index contributed by atoms with van der Waals surface area (Å²) in [7, 11) is 1.82. The van der Waals surface area contributed by atoms with Crippen molar-refractivity contribution in [3.63, 3.8) is 0 Å². The van der Waals surface area contributed by atoms with Gasteiger partial charge in [0.25, 0.3) is 5.91 Å². The first kappa shape index (κ1) is 15.5. The molecule has 1 fully saturated rings. The van der Waals surface area contributed by atoms with Gasteiger partial charge in [-0.15, -0.1) is 0 Å². The van der Waals surface area contributed by atoms with Crippen LogP contribution in [0.15, 0.2) is 37.3 Å². The predicted octanol–water partition coefficient (Wildman–Crippen LogP) is 1.16. The highest BCUT2D eigenvalue weighted by atomic mass is 16.2. The molecule has 1 unspecified atom stereocenters. The van der Waals surface area contributed by atoms with Crippen molar-refractivity contribution in [3.8, 4) is 0 Å². The SMILES string of the molecule is Cn1cncc1C(=O)NC1CCCN(c2ncnc3cnccc23)C1. The molecule has 1 aliphatic rings. The first-order valence-corrected chi connectivity index (χ1v) is 8.29. The zero-order chi connectivity index (χ0) is 17.2. The molecule has 0 aliphatic carbocycles. The summed E-state index contributed by atoms with van der Waals surface area (Å²) in [6.07, 6.45) is 10.2. The highest BCUT2D eigenvalue weighted by Crippen LogP contribution is 2.25. The smallest absolute Gasteiger partial charge is 0.269 e. The number of imidazole rings is 1. The van der Waals surface area contributed by atoms with Crippen LogP contribution < -0.4 is 10.2 Å². The van der Waals surface area contributed by atoms with E-state index in [0.29, 0.717) is 5.69 Å². The van der Waals surface area contributed by atoms with Crippen molar-refractivity contribution in [2.24, 2.45) is 7.05 Å².